The molecule has 0 aromatic carbocycles. The normalized spacial score (nSPS) is 29.8. The molecule has 0 aliphatic heterocycles. The summed E-state index contributed by atoms with van der Waals surface area (Å²) in [5.74, 6) is 2.39. The lowest BCUT2D eigenvalue weighted by Gasteiger charge is -2.34. The molecule has 2 unspecified atom stereocenters. The van der Waals surface area contributed by atoms with Gasteiger partial charge in [-0.3, -0.25) is 0 Å². The Bertz CT molecular complexity index is 356. The van der Waals surface area contributed by atoms with Gasteiger partial charge in [-0.2, -0.15) is 0 Å². The molecule has 0 N–H and O–H groups in total. The Kier molecular flexibility index (Phi) is 3.85. The van der Waals surface area contributed by atoms with Crippen LogP contribution in [0.2, 0.25) is 0 Å². The summed E-state index contributed by atoms with van der Waals surface area (Å²) in [5.41, 5.74) is 0. The second-order valence-electron chi connectivity index (χ2n) is 5.95. The van der Waals surface area contributed by atoms with Gasteiger partial charge >= 0.3 is 0 Å². The molecule has 0 bridgehead atoms. The van der Waals surface area contributed by atoms with E-state index in [0.29, 0.717) is 6.04 Å². The zero-order chi connectivity index (χ0) is 12.4. The predicted molar refractivity (Wildman–Crippen MR) is 68.5 cm³/mol. The number of hydrogen-bond acceptors (Lipinski definition) is 1. The number of aromatic nitrogens is 3. The summed E-state index contributed by atoms with van der Waals surface area (Å²) >= 11 is 0. The number of hydrogen-bond donors (Lipinski definition) is 0. The molecule has 0 radical (unpaired) electrons. The van der Waals surface area contributed by atoms with Gasteiger partial charge in [-0.05, 0) is 37.5 Å². The second kappa shape index (κ2) is 5.19. The van der Waals surface area contributed by atoms with Crippen molar-refractivity contribution in [3.63, 3.8) is 0 Å². The Morgan fingerprint density at radius 2 is 2.18 bits per heavy atom. The third-order valence-electron chi connectivity index (χ3n) is 4.29. The van der Waals surface area contributed by atoms with Gasteiger partial charge in [-0.15, -0.1) is 4.68 Å². The van der Waals surface area contributed by atoms with E-state index in [1.54, 1.807) is 0 Å². The minimum atomic E-state index is 0.603. The first-order valence-corrected chi connectivity index (χ1v) is 7.05. The molecule has 3 nitrogen and oxygen atoms in total. The molecule has 17 heavy (non-hydrogen) atoms. The summed E-state index contributed by atoms with van der Waals surface area (Å²) in [5, 5.41) is 4.56. The van der Waals surface area contributed by atoms with Crippen molar-refractivity contribution in [1.82, 2.24) is 9.78 Å². The van der Waals surface area contributed by atoms with Crippen molar-refractivity contribution < 1.29 is 4.57 Å². The van der Waals surface area contributed by atoms with E-state index in [1.807, 2.05) is 6.33 Å². The highest BCUT2D eigenvalue weighted by atomic mass is 15.4. The van der Waals surface area contributed by atoms with E-state index in [4.69, 9.17) is 0 Å². The first-order chi connectivity index (χ1) is 8.11. The molecular weight excluding hydrogens is 210 g/mol. The molecule has 1 aromatic heterocycles. The highest BCUT2D eigenvalue weighted by Gasteiger charge is 2.35. The molecular formula is C14H26N3+. The summed E-state index contributed by atoms with van der Waals surface area (Å²) in [6, 6.07) is 0.603. The second-order valence-corrected chi connectivity index (χ2v) is 5.95. The van der Waals surface area contributed by atoms with Gasteiger partial charge in [0.2, 0.25) is 6.33 Å². The quantitative estimate of drug-likeness (QED) is 0.740. The summed E-state index contributed by atoms with van der Waals surface area (Å²) in [6.07, 6.45) is 8.16. The van der Waals surface area contributed by atoms with Crippen LogP contribution in [0.25, 0.3) is 0 Å². The van der Waals surface area contributed by atoms with Gasteiger partial charge in [-0.1, -0.05) is 27.2 Å². The maximum Gasteiger partial charge on any atom is 0.265 e. The van der Waals surface area contributed by atoms with Crippen LogP contribution in [0.4, 0.5) is 0 Å². The fourth-order valence-corrected chi connectivity index (χ4v) is 3.13. The van der Waals surface area contributed by atoms with Crippen LogP contribution in [-0.4, -0.2) is 9.78 Å². The van der Waals surface area contributed by atoms with Crippen LogP contribution in [0, 0.1) is 17.8 Å². The van der Waals surface area contributed by atoms with Crippen LogP contribution in [-0.2, 0) is 6.54 Å². The lowest BCUT2D eigenvalue weighted by molar-refractivity contribution is -0.694. The third kappa shape index (κ3) is 2.70. The molecule has 1 fully saturated rings. The molecule has 1 saturated carbocycles. The zero-order valence-electron chi connectivity index (χ0n) is 11.6. The fraction of sp³-hybridized carbons (Fsp3) is 0.857. The standard InChI is InChI=1S/C14H26N3/c1-5-16-9-15-17(10-16)14-8-12(4)6-7-13(14)11(2)3/h9-14H,5-8H2,1-4H3/q+1/t12-,13?,14?/m0/s1. The Morgan fingerprint density at radius 3 is 2.76 bits per heavy atom. The number of nitrogens with zero attached hydrogens (tertiary/aromatic N) is 3. The van der Waals surface area contributed by atoms with Crippen molar-refractivity contribution in [3.8, 4) is 0 Å². The maximum atomic E-state index is 4.56. The number of rotatable bonds is 3. The molecule has 2 rings (SSSR count). The molecule has 96 valence electrons. The predicted octanol–water partition coefficient (Wildman–Crippen LogP) is 2.82. The van der Waals surface area contributed by atoms with E-state index in [9.17, 15) is 0 Å². The van der Waals surface area contributed by atoms with Crippen LogP contribution in [0.3, 0.4) is 0 Å². The van der Waals surface area contributed by atoms with Crippen molar-refractivity contribution >= 4 is 0 Å². The summed E-state index contributed by atoms with van der Waals surface area (Å²) in [6.45, 7) is 10.3. The maximum absolute atomic E-state index is 4.56. The lowest BCUT2D eigenvalue weighted by Crippen LogP contribution is -2.33. The Morgan fingerprint density at radius 1 is 1.41 bits per heavy atom. The van der Waals surface area contributed by atoms with E-state index in [-0.39, 0.29) is 0 Å². The monoisotopic (exact) mass is 236 g/mol. The Balaban J connectivity index is 2.19. The first kappa shape index (κ1) is 12.6. The van der Waals surface area contributed by atoms with Crippen LogP contribution in [0.1, 0.15) is 53.0 Å². The highest BCUT2D eigenvalue weighted by molar-refractivity contribution is 4.83. The minimum Gasteiger partial charge on any atom is -0.237 e. The zero-order valence-corrected chi connectivity index (χ0v) is 11.6. The van der Waals surface area contributed by atoms with Gasteiger partial charge in [0.05, 0.1) is 6.54 Å². The van der Waals surface area contributed by atoms with Gasteiger partial charge in [0.15, 0.2) is 0 Å². The minimum absolute atomic E-state index is 0.603. The number of aryl methyl sites for hydroxylation is 1. The molecule has 1 aromatic rings. The molecule has 1 heterocycles. The molecule has 0 amide bonds. The molecule has 1 aliphatic rings. The smallest absolute Gasteiger partial charge is 0.237 e. The van der Waals surface area contributed by atoms with Crippen molar-refractivity contribution in [2.24, 2.45) is 17.8 Å². The Hall–Kier alpha value is -0.860. The molecule has 0 saturated heterocycles. The summed E-state index contributed by atoms with van der Waals surface area (Å²) in [7, 11) is 0. The largest absolute Gasteiger partial charge is 0.265 e. The SMILES string of the molecule is CC[n+]1cnn(C2C[C@@H](C)CCC2C(C)C)c1. The summed E-state index contributed by atoms with van der Waals surface area (Å²) in [4.78, 5) is 0. The highest BCUT2D eigenvalue weighted by Crippen LogP contribution is 2.40. The van der Waals surface area contributed by atoms with E-state index < -0.39 is 0 Å². The van der Waals surface area contributed by atoms with Crippen molar-refractivity contribution in [3.05, 3.63) is 12.7 Å². The average molecular weight is 236 g/mol. The first-order valence-electron chi connectivity index (χ1n) is 7.05. The van der Waals surface area contributed by atoms with Gasteiger partial charge in [0.25, 0.3) is 6.33 Å². The Labute approximate surface area is 105 Å². The topological polar surface area (TPSA) is 21.7 Å². The van der Waals surface area contributed by atoms with E-state index in [1.165, 1.54) is 19.3 Å². The van der Waals surface area contributed by atoms with Crippen molar-refractivity contribution in [2.75, 3.05) is 0 Å². The van der Waals surface area contributed by atoms with E-state index in [0.717, 1.165) is 24.3 Å². The van der Waals surface area contributed by atoms with E-state index in [2.05, 4.69) is 48.4 Å². The third-order valence-corrected chi connectivity index (χ3v) is 4.29. The molecule has 0 spiro atoms. The van der Waals surface area contributed by atoms with E-state index >= 15 is 0 Å². The van der Waals surface area contributed by atoms with Gasteiger partial charge < -0.3 is 0 Å². The lowest BCUT2D eigenvalue weighted by atomic mass is 9.74. The van der Waals surface area contributed by atoms with Crippen LogP contribution in [0.15, 0.2) is 12.7 Å². The average Bonchev–Trinajstić information content (AvgIpc) is 2.76. The fourth-order valence-electron chi connectivity index (χ4n) is 3.13. The van der Waals surface area contributed by atoms with Crippen LogP contribution >= 0.6 is 0 Å². The van der Waals surface area contributed by atoms with Gasteiger partial charge in [-0.25, -0.2) is 4.57 Å². The van der Waals surface area contributed by atoms with Gasteiger partial charge in [0, 0.05) is 5.10 Å². The summed E-state index contributed by atoms with van der Waals surface area (Å²) < 4.78 is 4.38. The molecule has 1 aliphatic carbocycles. The van der Waals surface area contributed by atoms with Crippen molar-refractivity contribution in [1.29, 1.82) is 0 Å². The molecule has 3 atom stereocenters. The van der Waals surface area contributed by atoms with Crippen molar-refractivity contribution in [2.45, 2.75) is 59.5 Å². The van der Waals surface area contributed by atoms with Crippen LogP contribution in [0.5, 0.6) is 0 Å². The van der Waals surface area contributed by atoms with Crippen LogP contribution < -0.4 is 4.57 Å². The van der Waals surface area contributed by atoms with Gasteiger partial charge in [0.1, 0.15) is 6.04 Å². The molecule has 3 heteroatoms.